The fourth-order valence-corrected chi connectivity index (χ4v) is 2.61. The van der Waals surface area contributed by atoms with Gasteiger partial charge in [0.25, 0.3) is 0 Å². The summed E-state index contributed by atoms with van der Waals surface area (Å²) in [5.41, 5.74) is 1.82. The number of rotatable bonds is 9. The topological polar surface area (TPSA) is 59.6 Å². The Morgan fingerprint density at radius 2 is 1.76 bits per heavy atom. The van der Waals surface area contributed by atoms with E-state index in [4.69, 9.17) is 21.1 Å². The van der Waals surface area contributed by atoms with E-state index in [-0.39, 0.29) is 5.91 Å². The molecule has 2 aromatic rings. The summed E-state index contributed by atoms with van der Waals surface area (Å²) in [6.07, 6.45) is 1.30. The Labute approximate surface area is 153 Å². The molecule has 0 bridgehead atoms. The Balaban J connectivity index is 1.78. The summed E-state index contributed by atoms with van der Waals surface area (Å²) in [6, 6.07) is 13.5. The van der Waals surface area contributed by atoms with Crippen LogP contribution in [-0.2, 0) is 11.2 Å². The number of carbonyl (C=O) groups is 1. The van der Waals surface area contributed by atoms with E-state index in [1.54, 1.807) is 12.1 Å². The number of hydrogen-bond acceptors (Lipinski definition) is 4. The van der Waals surface area contributed by atoms with Crippen LogP contribution in [0.15, 0.2) is 42.5 Å². The van der Waals surface area contributed by atoms with Gasteiger partial charge in [-0.05, 0) is 18.5 Å². The molecule has 0 aromatic heterocycles. The van der Waals surface area contributed by atoms with E-state index in [1.165, 1.54) is 19.8 Å². The first-order chi connectivity index (χ1) is 12.1. The first-order valence-electron chi connectivity index (χ1n) is 8.10. The van der Waals surface area contributed by atoms with Crippen molar-refractivity contribution in [3.8, 4) is 11.5 Å². The Hall–Kier alpha value is -2.24. The van der Waals surface area contributed by atoms with Crippen molar-refractivity contribution in [3.63, 3.8) is 0 Å². The summed E-state index contributed by atoms with van der Waals surface area (Å²) in [6.45, 7) is 1.43. The molecule has 2 rings (SSSR count). The molecule has 0 aliphatic heterocycles. The highest BCUT2D eigenvalue weighted by molar-refractivity contribution is 6.32. The SMILES string of the molecule is COc1cc(NC(=O)CCNCCc2ccccc2)c(OC)cc1Cl. The lowest BCUT2D eigenvalue weighted by Crippen LogP contribution is -2.23. The largest absolute Gasteiger partial charge is 0.495 e. The molecule has 0 aliphatic carbocycles. The highest BCUT2D eigenvalue weighted by Gasteiger charge is 2.12. The Morgan fingerprint density at radius 1 is 1.04 bits per heavy atom. The molecule has 0 radical (unpaired) electrons. The van der Waals surface area contributed by atoms with E-state index >= 15 is 0 Å². The maximum atomic E-state index is 12.1. The highest BCUT2D eigenvalue weighted by Crippen LogP contribution is 2.35. The smallest absolute Gasteiger partial charge is 0.225 e. The van der Waals surface area contributed by atoms with Gasteiger partial charge in [-0.15, -0.1) is 0 Å². The van der Waals surface area contributed by atoms with Crippen LogP contribution < -0.4 is 20.1 Å². The third kappa shape index (κ3) is 5.96. The minimum atomic E-state index is -0.102. The zero-order chi connectivity index (χ0) is 18.1. The van der Waals surface area contributed by atoms with Gasteiger partial charge in [0, 0.05) is 25.1 Å². The molecule has 0 saturated heterocycles. The van der Waals surface area contributed by atoms with Crippen LogP contribution in [0.5, 0.6) is 11.5 Å². The van der Waals surface area contributed by atoms with Gasteiger partial charge in [-0.1, -0.05) is 41.9 Å². The monoisotopic (exact) mass is 362 g/mol. The third-order valence-corrected chi connectivity index (χ3v) is 4.01. The third-order valence-electron chi connectivity index (χ3n) is 3.71. The second-order valence-corrected chi connectivity index (χ2v) is 5.88. The number of nitrogens with one attached hydrogen (secondary N) is 2. The van der Waals surface area contributed by atoms with Gasteiger partial charge < -0.3 is 20.1 Å². The van der Waals surface area contributed by atoms with E-state index in [0.29, 0.717) is 35.2 Å². The van der Waals surface area contributed by atoms with Crippen molar-refractivity contribution in [1.82, 2.24) is 5.32 Å². The van der Waals surface area contributed by atoms with Gasteiger partial charge in [0.05, 0.1) is 24.9 Å². The summed E-state index contributed by atoms with van der Waals surface area (Å²) in [4.78, 5) is 12.1. The summed E-state index contributed by atoms with van der Waals surface area (Å²) in [5.74, 6) is 0.879. The van der Waals surface area contributed by atoms with Gasteiger partial charge in [0.15, 0.2) is 0 Å². The second kappa shape index (κ2) is 9.91. The fraction of sp³-hybridized carbons (Fsp3) is 0.316. The quantitative estimate of drug-likeness (QED) is 0.670. The van der Waals surface area contributed by atoms with Gasteiger partial charge >= 0.3 is 0 Å². The van der Waals surface area contributed by atoms with Crippen molar-refractivity contribution in [1.29, 1.82) is 0 Å². The summed E-state index contributed by atoms with van der Waals surface area (Å²) >= 11 is 6.06. The molecule has 134 valence electrons. The summed E-state index contributed by atoms with van der Waals surface area (Å²) in [7, 11) is 3.05. The number of benzene rings is 2. The molecule has 0 heterocycles. The first-order valence-corrected chi connectivity index (χ1v) is 8.48. The molecule has 1 amide bonds. The predicted molar refractivity (Wildman–Crippen MR) is 101 cm³/mol. The van der Waals surface area contributed by atoms with E-state index in [2.05, 4.69) is 22.8 Å². The molecule has 25 heavy (non-hydrogen) atoms. The van der Waals surface area contributed by atoms with Crippen LogP contribution in [0.4, 0.5) is 5.69 Å². The molecular formula is C19H23ClN2O3. The fourth-order valence-electron chi connectivity index (χ4n) is 2.38. The van der Waals surface area contributed by atoms with Crippen LogP contribution in [0.2, 0.25) is 5.02 Å². The zero-order valence-corrected chi connectivity index (χ0v) is 15.2. The normalized spacial score (nSPS) is 10.4. The summed E-state index contributed by atoms with van der Waals surface area (Å²) in [5, 5.41) is 6.53. The van der Waals surface area contributed by atoms with Gasteiger partial charge in [-0.25, -0.2) is 0 Å². The van der Waals surface area contributed by atoms with Crippen molar-refractivity contribution in [2.45, 2.75) is 12.8 Å². The lowest BCUT2D eigenvalue weighted by Gasteiger charge is -2.13. The molecule has 0 atom stereocenters. The van der Waals surface area contributed by atoms with Gasteiger partial charge in [-0.2, -0.15) is 0 Å². The predicted octanol–water partition coefficient (Wildman–Crippen LogP) is 3.52. The van der Waals surface area contributed by atoms with Crippen molar-refractivity contribution in [3.05, 3.63) is 53.1 Å². The van der Waals surface area contributed by atoms with Gasteiger partial charge in [0.1, 0.15) is 11.5 Å². The van der Waals surface area contributed by atoms with Crippen LogP contribution >= 0.6 is 11.6 Å². The number of halogens is 1. The maximum absolute atomic E-state index is 12.1. The minimum Gasteiger partial charge on any atom is -0.495 e. The highest BCUT2D eigenvalue weighted by atomic mass is 35.5. The van der Waals surface area contributed by atoms with E-state index in [9.17, 15) is 4.79 Å². The van der Waals surface area contributed by atoms with Crippen molar-refractivity contribution in [2.24, 2.45) is 0 Å². The molecule has 0 fully saturated rings. The average Bonchev–Trinajstić information content (AvgIpc) is 2.63. The standard InChI is InChI=1S/C19H23ClN2O3/c1-24-17-13-16(18(25-2)12-15(17)20)22-19(23)9-11-21-10-8-14-6-4-3-5-7-14/h3-7,12-13,21H,8-11H2,1-2H3,(H,22,23). The van der Waals surface area contributed by atoms with Crippen LogP contribution in [0.1, 0.15) is 12.0 Å². The number of ether oxygens (including phenoxy) is 2. The molecule has 5 nitrogen and oxygen atoms in total. The Kier molecular flexibility index (Phi) is 7.57. The number of hydrogen-bond donors (Lipinski definition) is 2. The van der Waals surface area contributed by atoms with Crippen LogP contribution in [-0.4, -0.2) is 33.2 Å². The van der Waals surface area contributed by atoms with Crippen LogP contribution in [0.3, 0.4) is 0 Å². The average molecular weight is 363 g/mol. The number of amides is 1. The van der Waals surface area contributed by atoms with Crippen molar-refractivity contribution < 1.29 is 14.3 Å². The lowest BCUT2D eigenvalue weighted by atomic mass is 10.1. The molecular weight excluding hydrogens is 340 g/mol. The Morgan fingerprint density at radius 3 is 2.44 bits per heavy atom. The van der Waals surface area contributed by atoms with E-state index < -0.39 is 0 Å². The van der Waals surface area contributed by atoms with E-state index in [1.807, 2.05) is 18.2 Å². The lowest BCUT2D eigenvalue weighted by molar-refractivity contribution is -0.116. The number of methoxy groups -OCH3 is 2. The van der Waals surface area contributed by atoms with Crippen molar-refractivity contribution >= 4 is 23.2 Å². The molecule has 6 heteroatoms. The van der Waals surface area contributed by atoms with E-state index in [0.717, 1.165) is 13.0 Å². The molecule has 2 N–H and O–H groups in total. The zero-order valence-electron chi connectivity index (χ0n) is 14.5. The molecule has 0 unspecified atom stereocenters. The number of carbonyl (C=O) groups excluding carboxylic acids is 1. The molecule has 0 saturated carbocycles. The molecule has 2 aromatic carbocycles. The summed E-state index contributed by atoms with van der Waals surface area (Å²) < 4.78 is 10.4. The van der Waals surface area contributed by atoms with Crippen LogP contribution in [0, 0.1) is 0 Å². The van der Waals surface area contributed by atoms with Gasteiger partial charge in [0.2, 0.25) is 5.91 Å². The number of anilines is 1. The first kappa shape index (κ1) is 19.1. The molecule has 0 spiro atoms. The second-order valence-electron chi connectivity index (χ2n) is 5.47. The van der Waals surface area contributed by atoms with Crippen LogP contribution in [0.25, 0.3) is 0 Å². The maximum Gasteiger partial charge on any atom is 0.225 e. The van der Waals surface area contributed by atoms with Gasteiger partial charge in [-0.3, -0.25) is 4.79 Å². The molecule has 0 aliphatic rings. The Bertz CT molecular complexity index is 693. The van der Waals surface area contributed by atoms with Crippen molar-refractivity contribution in [2.75, 3.05) is 32.6 Å². The minimum absolute atomic E-state index is 0.102.